The molecule has 0 saturated carbocycles. The van der Waals surface area contributed by atoms with Crippen molar-refractivity contribution in [2.24, 2.45) is 10.9 Å². The van der Waals surface area contributed by atoms with Crippen molar-refractivity contribution in [3.05, 3.63) is 22.4 Å². The zero-order valence-corrected chi connectivity index (χ0v) is 15.0. The zero-order valence-electron chi connectivity index (χ0n) is 14.2. The molecule has 1 atom stereocenters. The summed E-state index contributed by atoms with van der Waals surface area (Å²) in [6.07, 6.45) is 4.47. The van der Waals surface area contributed by atoms with Crippen molar-refractivity contribution < 1.29 is 4.74 Å². The van der Waals surface area contributed by atoms with Gasteiger partial charge < -0.3 is 15.4 Å². The molecule has 1 rings (SSSR count). The Morgan fingerprint density at radius 3 is 2.82 bits per heavy atom. The molecule has 0 saturated heterocycles. The normalized spacial score (nSPS) is 13.1. The smallest absolute Gasteiger partial charge is 0.190 e. The maximum atomic E-state index is 5.55. The van der Waals surface area contributed by atoms with E-state index in [1.54, 1.807) is 0 Å². The summed E-state index contributed by atoms with van der Waals surface area (Å²) < 4.78 is 5.55. The predicted octanol–water partition coefficient (Wildman–Crippen LogP) is 3.30. The molecular weight excluding hydrogens is 294 g/mol. The minimum atomic E-state index is 0.592. The van der Waals surface area contributed by atoms with Crippen molar-refractivity contribution in [1.29, 1.82) is 0 Å². The third-order valence-electron chi connectivity index (χ3n) is 3.37. The van der Waals surface area contributed by atoms with Gasteiger partial charge in [-0.15, -0.1) is 11.3 Å². The molecule has 1 aromatic rings. The lowest BCUT2D eigenvalue weighted by Gasteiger charge is -2.15. The van der Waals surface area contributed by atoms with Crippen molar-refractivity contribution >= 4 is 17.3 Å². The van der Waals surface area contributed by atoms with Crippen molar-refractivity contribution in [2.75, 3.05) is 33.4 Å². The Bertz CT molecular complexity index is 393. The largest absolute Gasteiger partial charge is 0.381 e. The van der Waals surface area contributed by atoms with Crippen LogP contribution in [0.5, 0.6) is 0 Å². The van der Waals surface area contributed by atoms with Crippen LogP contribution in [-0.2, 0) is 11.2 Å². The summed E-state index contributed by atoms with van der Waals surface area (Å²) in [4.78, 5) is 5.71. The molecule has 0 aliphatic carbocycles. The van der Waals surface area contributed by atoms with Gasteiger partial charge in [0, 0.05) is 38.2 Å². The molecule has 0 amide bonds. The van der Waals surface area contributed by atoms with E-state index in [1.165, 1.54) is 11.3 Å². The molecule has 0 aliphatic rings. The molecular formula is C17H31N3OS. The third kappa shape index (κ3) is 9.05. The highest BCUT2D eigenvalue weighted by molar-refractivity contribution is 7.09. The second kappa shape index (κ2) is 12.5. The maximum absolute atomic E-state index is 5.55. The fourth-order valence-corrected chi connectivity index (χ4v) is 2.94. The SMILES string of the molecule is CCCCOCCCNC(=NC)NCC(C)Cc1cccs1. The van der Waals surface area contributed by atoms with Gasteiger partial charge in [0.1, 0.15) is 0 Å². The van der Waals surface area contributed by atoms with Crippen molar-refractivity contribution in [1.82, 2.24) is 10.6 Å². The molecule has 1 unspecified atom stereocenters. The first kappa shape index (κ1) is 19.0. The molecule has 5 heteroatoms. The molecule has 0 aromatic carbocycles. The Labute approximate surface area is 139 Å². The first-order valence-corrected chi connectivity index (χ1v) is 9.18. The quantitative estimate of drug-likeness (QED) is 0.373. The zero-order chi connectivity index (χ0) is 16.0. The lowest BCUT2D eigenvalue weighted by Crippen LogP contribution is -2.40. The number of unbranched alkanes of at least 4 members (excludes halogenated alkanes) is 1. The number of thiophene rings is 1. The standard InChI is InChI=1S/C17H31N3OS/c1-4-5-10-21-11-7-9-19-17(18-3)20-14-15(2)13-16-8-6-12-22-16/h6,8,12,15H,4-5,7,9-11,13-14H2,1-3H3,(H2,18,19,20). The van der Waals surface area contributed by atoms with Gasteiger partial charge >= 0.3 is 0 Å². The van der Waals surface area contributed by atoms with Gasteiger partial charge in [-0.25, -0.2) is 0 Å². The number of rotatable bonds is 11. The Morgan fingerprint density at radius 1 is 1.32 bits per heavy atom. The van der Waals surface area contributed by atoms with Gasteiger partial charge in [-0.3, -0.25) is 4.99 Å². The predicted molar refractivity (Wildman–Crippen MR) is 96.9 cm³/mol. The highest BCUT2D eigenvalue weighted by Crippen LogP contribution is 2.13. The monoisotopic (exact) mass is 325 g/mol. The fraction of sp³-hybridized carbons (Fsp3) is 0.706. The molecule has 0 spiro atoms. The number of aliphatic imine (C=N–C) groups is 1. The molecule has 126 valence electrons. The summed E-state index contributed by atoms with van der Waals surface area (Å²) in [5.74, 6) is 1.47. The first-order chi connectivity index (χ1) is 10.8. The Morgan fingerprint density at radius 2 is 2.14 bits per heavy atom. The number of hydrogen-bond acceptors (Lipinski definition) is 3. The van der Waals surface area contributed by atoms with E-state index >= 15 is 0 Å². The van der Waals surface area contributed by atoms with Crippen LogP contribution in [-0.4, -0.2) is 39.3 Å². The van der Waals surface area contributed by atoms with Gasteiger partial charge in [-0.05, 0) is 36.6 Å². The molecule has 0 aliphatic heterocycles. The highest BCUT2D eigenvalue weighted by atomic mass is 32.1. The average Bonchev–Trinajstić information content (AvgIpc) is 3.02. The Balaban J connectivity index is 2.06. The average molecular weight is 326 g/mol. The van der Waals surface area contributed by atoms with Crippen LogP contribution in [0.25, 0.3) is 0 Å². The second-order valence-electron chi connectivity index (χ2n) is 5.59. The van der Waals surface area contributed by atoms with Crippen LogP contribution < -0.4 is 10.6 Å². The highest BCUT2D eigenvalue weighted by Gasteiger charge is 2.05. The summed E-state index contributed by atoms with van der Waals surface area (Å²) in [7, 11) is 1.82. The van der Waals surface area contributed by atoms with E-state index in [2.05, 4.69) is 47.0 Å². The number of nitrogens with one attached hydrogen (secondary N) is 2. The van der Waals surface area contributed by atoms with E-state index in [-0.39, 0.29) is 0 Å². The molecule has 0 fully saturated rings. The molecule has 4 nitrogen and oxygen atoms in total. The van der Waals surface area contributed by atoms with Gasteiger partial charge in [-0.2, -0.15) is 0 Å². The number of hydrogen-bond donors (Lipinski definition) is 2. The molecule has 2 N–H and O–H groups in total. The van der Waals surface area contributed by atoms with Crippen molar-refractivity contribution in [2.45, 2.75) is 39.5 Å². The third-order valence-corrected chi connectivity index (χ3v) is 4.27. The molecule has 1 heterocycles. The number of guanidine groups is 1. The van der Waals surface area contributed by atoms with Gasteiger partial charge in [0.25, 0.3) is 0 Å². The van der Waals surface area contributed by atoms with Gasteiger partial charge in [0.2, 0.25) is 0 Å². The van der Waals surface area contributed by atoms with Crippen LogP contribution >= 0.6 is 11.3 Å². The van der Waals surface area contributed by atoms with Crippen molar-refractivity contribution in [3.8, 4) is 0 Å². The Hall–Kier alpha value is -1.07. The summed E-state index contributed by atoms with van der Waals surface area (Å²) in [5, 5.41) is 8.87. The van der Waals surface area contributed by atoms with Crippen LogP contribution in [0.1, 0.15) is 38.0 Å². The topological polar surface area (TPSA) is 45.6 Å². The second-order valence-corrected chi connectivity index (χ2v) is 6.62. The lowest BCUT2D eigenvalue weighted by atomic mass is 10.1. The molecule has 0 bridgehead atoms. The lowest BCUT2D eigenvalue weighted by molar-refractivity contribution is 0.129. The summed E-state index contributed by atoms with van der Waals surface area (Å²) >= 11 is 1.83. The molecule has 0 radical (unpaired) electrons. The summed E-state index contributed by atoms with van der Waals surface area (Å²) in [6, 6.07) is 4.32. The van der Waals surface area contributed by atoms with Crippen LogP contribution in [0.4, 0.5) is 0 Å². The van der Waals surface area contributed by atoms with E-state index < -0.39 is 0 Å². The summed E-state index contributed by atoms with van der Waals surface area (Å²) in [6.45, 7) is 7.97. The molecule has 22 heavy (non-hydrogen) atoms. The van der Waals surface area contributed by atoms with E-state index in [9.17, 15) is 0 Å². The first-order valence-electron chi connectivity index (χ1n) is 8.30. The number of ether oxygens (including phenoxy) is 1. The van der Waals surface area contributed by atoms with E-state index in [4.69, 9.17) is 4.74 Å². The summed E-state index contributed by atoms with van der Waals surface area (Å²) in [5.41, 5.74) is 0. The Kier molecular flexibility index (Phi) is 10.8. The van der Waals surface area contributed by atoms with Crippen LogP contribution in [0.2, 0.25) is 0 Å². The van der Waals surface area contributed by atoms with Gasteiger partial charge in [0.05, 0.1) is 0 Å². The number of nitrogens with zero attached hydrogens (tertiary/aromatic N) is 1. The maximum Gasteiger partial charge on any atom is 0.190 e. The minimum Gasteiger partial charge on any atom is -0.381 e. The van der Waals surface area contributed by atoms with Crippen LogP contribution in [0, 0.1) is 5.92 Å². The fourth-order valence-electron chi connectivity index (χ4n) is 2.07. The van der Waals surface area contributed by atoms with Crippen molar-refractivity contribution in [3.63, 3.8) is 0 Å². The van der Waals surface area contributed by atoms with E-state index in [1.807, 2.05) is 18.4 Å². The molecule has 1 aromatic heterocycles. The van der Waals surface area contributed by atoms with Gasteiger partial charge in [0.15, 0.2) is 5.96 Å². The van der Waals surface area contributed by atoms with Crippen LogP contribution in [0.3, 0.4) is 0 Å². The van der Waals surface area contributed by atoms with Crippen LogP contribution in [0.15, 0.2) is 22.5 Å². The van der Waals surface area contributed by atoms with E-state index in [0.29, 0.717) is 5.92 Å². The minimum absolute atomic E-state index is 0.592. The van der Waals surface area contributed by atoms with Gasteiger partial charge in [-0.1, -0.05) is 26.3 Å². The van der Waals surface area contributed by atoms with E-state index in [0.717, 1.165) is 51.5 Å².